The maximum atomic E-state index is 6.78. The molecule has 2 aliphatic heterocycles. The Kier molecular flexibility index (Phi) is 3.78. The summed E-state index contributed by atoms with van der Waals surface area (Å²) in [4.78, 5) is 0. The lowest BCUT2D eigenvalue weighted by Crippen LogP contribution is -2.64. The van der Waals surface area contributed by atoms with Crippen LogP contribution >= 0.6 is 0 Å². The zero-order chi connectivity index (χ0) is 15.0. The minimum atomic E-state index is -0.0686. The van der Waals surface area contributed by atoms with Gasteiger partial charge < -0.3 is 9.47 Å². The molecule has 1 aromatic carbocycles. The molecule has 4 aliphatic rings. The van der Waals surface area contributed by atoms with E-state index in [9.17, 15) is 0 Å². The minimum Gasteiger partial charge on any atom is -0.371 e. The van der Waals surface area contributed by atoms with Crippen LogP contribution in [0, 0.1) is 5.92 Å². The van der Waals surface area contributed by atoms with Crippen molar-refractivity contribution in [3.8, 4) is 0 Å². The highest BCUT2D eigenvalue weighted by Crippen LogP contribution is 2.55. The predicted octanol–water partition coefficient (Wildman–Crippen LogP) is 4.86. The quantitative estimate of drug-likeness (QED) is 0.793. The van der Waals surface area contributed by atoms with Crippen molar-refractivity contribution < 1.29 is 9.47 Å². The van der Waals surface area contributed by atoms with Gasteiger partial charge in [0.25, 0.3) is 0 Å². The van der Waals surface area contributed by atoms with Gasteiger partial charge in [0.2, 0.25) is 0 Å². The van der Waals surface area contributed by atoms with E-state index < -0.39 is 0 Å². The van der Waals surface area contributed by atoms with Gasteiger partial charge in [-0.15, -0.1) is 0 Å². The van der Waals surface area contributed by atoms with E-state index >= 15 is 0 Å². The van der Waals surface area contributed by atoms with E-state index in [0.717, 1.165) is 5.92 Å². The van der Waals surface area contributed by atoms with Crippen molar-refractivity contribution in [3.05, 3.63) is 35.9 Å². The summed E-state index contributed by atoms with van der Waals surface area (Å²) in [5, 5.41) is 0. The molecule has 0 aromatic heterocycles. The number of rotatable bonds is 3. The molecular formula is C20H28O2. The van der Waals surface area contributed by atoms with Crippen LogP contribution in [-0.4, -0.2) is 17.3 Å². The fourth-order valence-corrected chi connectivity index (χ4v) is 5.07. The van der Waals surface area contributed by atoms with Crippen LogP contribution in [0.4, 0.5) is 0 Å². The third kappa shape index (κ3) is 2.51. The van der Waals surface area contributed by atoms with E-state index in [2.05, 4.69) is 37.3 Å². The monoisotopic (exact) mass is 300 g/mol. The zero-order valence-electron chi connectivity index (χ0n) is 13.7. The Morgan fingerprint density at radius 3 is 2.59 bits per heavy atom. The molecule has 4 fully saturated rings. The highest BCUT2D eigenvalue weighted by Gasteiger charge is 2.58. The van der Waals surface area contributed by atoms with Gasteiger partial charge in [-0.2, -0.15) is 0 Å². The molecule has 2 bridgehead atoms. The first kappa shape index (κ1) is 14.7. The molecule has 3 unspecified atom stereocenters. The lowest BCUT2D eigenvalue weighted by atomic mass is 9.62. The van der Waals surface area contributed by atoms with Crippen molar-refractivity contribution in [2.45, 2.75) is 82.2 Å². The standard InChI is InChI=1S/C20H28O2/c1-19-13-10-17(20(22-19)11-6-3-7-12-20)14-18(19)21-15-16-8-4-2-5-9-16/h2,4-5,8-9,17-18H,3,6-7,10-15H2,1H3. The number of ether oxygens (including phenoxy) is 2. The summed E-state index contributed by atoms with van der Waals surface area (Å²) in [6.45, 7) is 3.01. The molecule has 2 heteroatoms. The van der Waals surface area contributed by atoms with Crippen molar-refractivity contribution >= 4 is 0 Å². The van der Waals surface area contributed by atoms with Gasteiger partial charge in [-0.3, -0.25) is 0 Å². The Hall–Kier alpha value is -0.860. The molecule has 0 N–H and O–H groups in total. The van der Waals surface area contributed by atoms with Crippen LogP contribution < -0.4 is 0 Å². The molecule has 2 heterocycles. The molecule has 22 heavy (non-hydrogen) atoms. The summed E-state index contributed by atoms with van der Waals surface area (Å²) < 4.78 is 13.1. The smallest absolute Gasteiger partial charge is 0.0923 e. The third-order valence-corrected chi connectivity index (χ3v) is 6.34. The number of fused-ring (bicyclic) bond motifs is 2. The first-order valence-electron chi connectivity index (χ1n) is 9.06. The van der Waals surface area contributed by atoms with Crippen LogP contribution in [0.25, 0.3) is 0 Å². The van der Waals surface area contributed by atoms with Gasteiger partial charge >= 0.3 is 0 Å². The fourth-order valence-electron chi connectivity index (χ4n) is 5.07. The molecule has 3 atom stereocenters. The number of hydrogen-bond acceptors (Lipinski definition) is 2. The molecular weight excluding hydrogens is 272 g/mol. The van der Waals surface area contributed by atoms with Crippen molar-refractivity contribution in [1.29, 1.82) is 0 Å². The van der Waals surface area contributed by atoms with E-state index in [0.29, 0.717) is 6.61 Å². The number of benzene rings is 1. The van der Waals surface area contributed by atoms with E-state index in [1.54, 1.807) is 0 Å². The largest absolute Gasteiger partial charge is 0.371 e. The second kappa shape index (κ2) is 5.65. The second-order valence-corrected chi connectivity index (χ2v) is 7.80. The SMILES string of the molecule is CC12CCC(CC1OCc1ccccc1)C1(CCCCC1)O2. The van der Waals surface area contributed by atoms with Crippen LogP contribution in [0.1, 0.15) is 63.9 Å². The minimum absolute atomic E-state index is 0.0686. The Morgan fingerprint density at radius 2 is 1.86 bits per heavy atom. The van der Waals surface area contributed by atoms with Gasteiger partial charge in [0, 0.05) is 0 Å². The topological polar surface area (TPSA) is 18.5 Å². The van der Waals surface area contributed by atoms with Crippen LogP contribution in [0.2, 0.25) is 0 Å². The van der Waals surface area contributed by atoms with Gasteiger partial charge in [-0.05, 0) is 50.5 Å². The highest BCUT2D eigenvalue weighted by atomic mass is 16.6. The van der Waals surface area contributed by atoms with E-state index in [1.807, 2.05) is 0 Å². The molecule has 1 spiro atoms. The molecule has 2 aliphatic carbocycles. The Labute approximate surface area is 134 Å². The van der Waals surface area contributed by atoms with E-state index in [4.69, 9.17) is 9.47 Å². The van der Waals surface area contributed by atoms with Crippen LogP contribution in [0.15, 0.2) is 30.3 Å². The predicted molar refractivity (Wildman–Crippen MR) is 87.7 cm³/mol. The zero-order valence-corrected chi connectivity index (χ0v) is 13.7. The normalized spacial score (nSPS) is 36.6. The Bertz CT molecular complexity index is 506. The Morgan fingerprint density at radius 1 is 1.09 bits per heavy atom. The molecule has 5 rings (SSSR count). The fraction of sp³-hybridized carbons (Fsp3) is 0.700. The molecule has 0 amide bonds. The summed E-state index contributed by atoms with van der Waals surface area (Å²) >= 11 is 0. The van der Waals surface area contributed by atoms with E-state index in [1.165, 1.54) is 56.9 Å². The molecule has 0 radical (unpaired) electrons. The molecule has 120 valence electrons. The van der Waals surface area contributed by atoms with E-state index in [-0.39, 0.29) is 17.3 Å². The summed E-state index contributed by atoms with van der Waals surface area (Å²) in [6.07, 6.45) is 10.6. The van der Waals surface area contributed by atoms with Crippen LogP contribution in [0.3, 0.4) is 0 Å². The average Bonchev–Trinajstić information content (AvgIpc) is 2.55. The average molecular weight is 300 g/mol. The third-order valence-electron chi connectivity index (χ3n) is 6.34. The van der Waals surface area contributed by atoms with Gasteiger partial charge in [0.05, 0.1) is 23.9 Å². The first-order chi connectivity index (χ1) is 10.7. The van der Waals surface area contributed by atoms with Crippen LogP contribution in [0.5, 0.6) is 0 Å². The van der Waals surface area contributed by atoms with Crippen LogP contribution in [-0.2, 0) is 16.1 Å². The first-order valence-corrected chi connectivity index (χ1v) is 9.06. The van der Waals surface area contributed by atoms with Gasteiger partial charge in [0.15, 0.2) is 0 Å². The maximum absolute atomic E-state index is 6.78. The second-order valence-electron chi connectivity index (χ2n) is 7.80. The van der Waals surface area contributed by atoms with Crippen molar-refractivity contribution in [3.63, 3.8) is 0 Å². The lowest BCUT2D eigenvalue weighted by molar-refractivity contribution is -0.303. The lowest BCUT2D eigenvalue weighted by Gasteiger charge is -2.60. The van der Waals surface area contributed by atoms with Gasteiger partial charge in [0.1, 0.15) is 0 Å². The van der Waals surface area contributed by atoms with Crippen molar-refractivity contribution in [2.75, 3.05) is 0 Å². The summed E-state index contributed by atoms with van der Waals surface area (Å²) in [7, 11) is 0. The maximum Gasteiger partial charge on any atom is 0.0923 e. The Balaban J connectivity index is 1.46. The summed E-state index contributed by atoms with van der Waals surface area (Å²) in [6, 6.07) is 10.5. The molecule has 1 aromatic rings. The highest BCUT2D eigenvalue weighted by molar-refractivity contribution is 5.14. The summed E-state index contributed by atoms with van der Waals surface area (Å²) in [5.74, 6) is 0.718. The molecule has 2 saturated heterocycles. The summed E-state index contributed by atoms with van der Waals surface area (Å²) in [5.41, 5.74) is 1.39. The van der Waals surface area contributed by atoms with Gasteiger partial charge in [-0.25, -0.2) is 0 Å². The molecule has 2 saturated carbocycles. The molecule has 2 nitrogen and oxygen atoms in total. The number of hydrogen-bond donors (Lipinski definition) is 0. The van der Waals surface area contributed by atoms with Gasteiger partial charge in [-0.1, -0.05) is 49.6 Å². The van der Waals surface area contributed by atoms with Crippen molar-refractivity contribution in [2.24, 2.45) is 5.92 Å². The van der Waals surface area contributed by atoms with Crippen molar-refractivity contribution in [1.82, 2.24) is 0 Å².